The number of benzene rings is 1. The number of hydrogen-bond donors (Lipinski definition) is 1. The van der Waals surface area contributed by atoms with Crippen LogP contribution in [0.2, 0.25) is 0 Å². The third kappa shape index (κ3) is 4.63. The highest BCUT2D eigenvalue weighted by atomic mass is 32.2. The predicted molar refractivity (Wildman–Crippen MR) is 96.3 cm³/mol. The summed E-state index contributed by atoms with van der Waals surface area (Å²) in [6.07, 6.45) is 5.76. The van der Waals surface area contributed by atoms with Crippen molar-refractivity contribution in [2.24, 2.45) is 0 Å². The Morgan fingerprint density at radius 3 is 2.77 bits per heavy atom. The molecule has 1 heterocycles. The van der Waals surface area contributed by atoms with E-state index in [9.17, 15) is 9.59 Å². The number of aromatic nitrogens is 2. The Morgan fingerprint density at radius 1 is 1.23 bits per heavy atom. The zero-order valence-electron chi connectivity index (χ0n) is 14.6. The average Bonchev–Trinajstić information content (AvgIpc) is 3.16. The van der Waals surface area contributed by atoms with Gasteiger partial charge in [0.2, 0.25) is 11.8 Å². The Balaban J connectivity index is 1.51. The van der Waals surface area contributed by atoms with Gasteiger partial charge in [0, 0.05) is 5.92 Å². The third-order valence-electron chi connectivity index (χ3n) is 4.31. The fraction of sp³-hybridized carbons (Fsp3) is 0.444. The summed E-state index contributed by atoms with van der Waals surface area (Å²) in [5.74, 6) is 0.487. The van der Waals surface area contributed by atoms with Gasteiger partial charge in [0.15, 0.2) is 0 Å². The van der Waals surface area contributed by atoms with Crippen LogP contribution in [0.4, 0.5) is 0 Å². The number of nitrogens with zero attached hydrogens (tertiary/aromatic N) is 2. The molecule has 1 aromatic carbocycles. The van der Waals surface area contributed by atoms with Crippen LogP contribution in [0.1, 0.15) is 54.3 Å². The molecule has 8 heteroatoms. The molecule has 0 bridgehead atoms. The third-order valence-corrected chi connectivity index (χ3v) is 5.13. The average molecular weight is 375 g/mol. The first-order chi connectivity index (χ1) is 12.7. The molecule has 0 spiro atoms. The molecule has 2 amide bonds. The standard InChI is InChI=1S/C18H21N3O4S/c1-24-14-10-6-5-9-13(14)16(23)19-15(22)11-26-18-21-20-17(25-18)12-7-3-2-4-8-12/h5-6,9-10,12H,2-4,7-8,11H2,1H3,(H,19,22,23). The van der Waals surface area contributed by atoms with Crippen molar-refractivity contribution >= 4 is 23.6 Å². The summed E-state index contributed by atoms with van der Waals surface area (Å²) in [6, 6.07) is 6.73. The molecule has 1 aromatic heterocycles. The molecular formula is C18H21N3O4S. The molecule has 1 aliphatic carbocycles. The quantitative estimate of drug-likeness (QED) is 0.775. The van der Waals surface area contributed by atoms with E-state index < -0.39 is 11.8 Å². The Bertz CT molecular complexity index is 771. The number of imide groups is 1. The Kier molecular flexibility index (Phi) is 6.27. The fourth-order valence-electron chi connectivity index (χ4n) is 2.98. The molecule has 1 N–H and O–H groups in total. The number of hydrogen-bond acceptors (Lipinski definition) is 7. The molecule has 2 aromatic rings. The largest absolute Gasteiger partial charge is 0.496 e. The maximum absolute atomic E-state index is 12.2. The summed E-state index contributed by atoms with van der Waals surface area (Å²) in [6.45, 7) is 0. The van der Waals surface area contributed by atoms with Crippen LogP contribution in [0.3, 0.4) is 0 Å². The summed E-state index contributed by atoms with van der Waals surface area (Å²) in [4.78, 5) is 24.2. The first-order valence-electron chi connectivity index (χ1n) is 8.60. The number of carbonyl (C=O) groups is 2. The molecule has 138 valence electrons. The fourth-order valence-corrected chi connectivity index (χ4v) is 3.55. The van der Waals surface area contributed by atoms with Gasteiger partial charge in [-0.15, -0.1) is 10.2 Å². The van der Waals surface area contributed by atoms with E-state index in [0.29, 0.717) is 28.3 Å². The van der Waals surface area contributed by atoms with Crippen molar-refractivity contribution in [1.82, 2.24) is 15.5 Å². The van der Waals surface area contributed by atoms with Gasteiger partial charge in [0.1, 0.15) is 5.75 Å². The minimum absolute atomic E-state index is 0.0210. The van der Waals surface area contributed by atoms with Gasteiger partial charge in [-0.25, -0.2) is 0 Å². The molecule has 7 nitrogen and oxygen atoms in total. The van der Waals surface area contributed by atoms with Crippen molar-refractivity contribution in [3.8, 4) is 5.75 Å². The van der Waals surface area contributed by atoms with Gasteiger partial charge < -0.3 is 9.15 Å². The normalized spacial score (nSPS) is 14.8. The molecule has 3 rings (SSSR count). The number of thioether (sulfide) groups is 1. The molecule has 1 aliphatic rings. The van der Waals surface area contributed by atoms with Crippen molar-refractivity contribution in [2.75, 3.05) is 12.9 Å². The van der Waals surface area contributed by atoms with Crippen LogP contribution >= 0.6 is 11.8 Å². The lowest BCUT2D eigenvalue weighted by Crippen LogP contribution is -2.32. The number of rotatable bonds is 6. The molecule has 0 radical (unpaired) electrons. The van der Waals surface area contributed by atoms with E-state index in [-0.39, 0.29) is 5.75 Å². The Hall–Kier alpha value is -2.35. The molecule has 26 heavy (non-hydrogen) atoms. The van der Waals surface area contributed by atoms with Crippen molar-refractivity contribution in [3.63, 3.8) is 0 Å². The number of amides is 2. The zero-order valence-corrected chi connectivity index (χ0v) is 15.4. The van der Waals surface area contributed by atoms with Crippen molar-refractivity contribution in [2.45, 2.75) is 43.2 Å². The Labute approximate surface area is 155 Å². The van der Waals surface area contributed by atoms with E-state index in [1.54, 1.807) is 24.3 Å². The van der Waals surface area contributed by atoms with Gasteiger partial charge in [-0.3, -0.25) is 14.9 Å². The van der Waals surface area contributed by atoms with E-state index in [2.05, 4.69) is 15.5 Å². The maximum Gasteiger partial charge on any atom is 0.277 e. The minimum Gasteiger partial charge on any atom is -0.496 e. The molecule has 1 fully saturated rings. The SMILES string of the molecule is COc1ccccc1C(=O)NC(=O)CSc1nnc(C2CCCCC2)o1. The molecule has 0 atom stereocenters. The van der Waals surface area contributed by atoms with Crippen LogP contribution in [-0.4, -0.2) is 34.9 Å². The molecule has 1 saturated carbocycles. The predicted octanol–water partition coefficient (Wildman–Crippen LogP) is 3.17. The van der Waals surface area contributed by atoms with E-state index in [1.807, 2.05) is 0 Å². The van der Waals surface area contributed by atoms with Crippen LogP contribution in [0, 0.1) is 0 Å². The number of methoxy groups -OCH3 is 1. The number of nitrogens with one attached hydrogen (secondary N) is 1. The van der Waals surface area contributed by atoms with Gasteiger partial charge in [-0.05, 0) is 25.0 Å². The number of carbonyl (C=O) groups excluding carboxylic acids is 2. The second-order valence-corrected chi connectivity index (χ2v) is 7.03. The zero-order chi connectivity index (χ0) is 18.4. The van der Waals surface area contributed by atoms with E-state index in [0.717, 1.165) is 24.6 Å². The molecule has 0 aliphatic heterocycles. The molecule has 0 saturated heterocycles. The lowest BCUT2D eigenvalue weighted by atomic mass is 9.89. The highest BCUT2D eigenvalue weighted by Gasteiger charge is 2.22. The highest BCUT2D eigenvalue weighted by Crippen LogP contribution is 2.32. The first kappa shape index (κ1) is 18.4. The van der Waals surface area contributed by atoms with E-state index >= 15 is 0 Å². The summed E-state index contributed by atoms with van der Waals surface area (Å²) in [5, 5.41) is 10.8. The lowest BCUT2D eigenvalue weighted by molar-refractivity contribution is -0.117. The maximum atomic E-state index is 12.2. The van der Waals surface area contributed by atoms with E-state index in [4.69, 9.17) is 9.15 Å². The monoisotopic (exact) mass is 375 g/mol. The second kappa shape index (κ2) is 8.84. The summed E-state index contributed by atoms with van der Waals surface area (Å²) in [5.41, 5.74) is 0.311. The lowest BCUT2D eigenvalue weighted by Gasteiger charge is -2.17. The number of para-hydroxylation sites is 1. The number of ether oxygens (including phenoxy) is 1. The van der Waals surface area contributed by atoms with Crippen LogP contribution < -0.4 is 10.1 Å². The van der Waals surface area contributed by atoms with Crippen molar-refractivity contribution in [1.29, 1.82) is 0 Å². The highest BCUT2D eigenvalue weighted by molar-refractivity contribution is 7.99. The smallest absolute Gasteiger partial charge is 0.277 e. The van der Waals surface area contributed by atoms with Gasteiger partial charge in [-0.1, -0.05) is 43.2 Å². The topological polar surface area (TPSA) is 94.3 Å². The molecule has 0 unspecified atom stereocenters. The first-order valence-corrected chi connectivity index (χ1v) is 9.59. The summed E-state index contributed by atoms with van der Waals surface area (Å²) in [7, 11) is 1.48. The van der Waals surface area contributed by atoms with Gasteiger partial charge in [-0.2, -0.15) is 0 Å². The van der Waals surface area contributed by atoms with Gasteiger partial charge in [0.05, 0.1) is 18.4 Å². The van der Waals surface area contributed by atoms with Gasteiger partial charge in [0.25, 0.3) is 11.1 Å². The summed E-state index contributed by atoms with van der Waals surface area (Å²) >= 11 is 1.12. The van der Waals surface area contributed by atoms with Crippen molar-refractivity contribution < 1.29 is 18.7 Å². The molecular weight excluding hydrogens is 354 g/mol. The van der Waals surface area contributed by atoms with E-state index in [1.165, 1.54) is 26.4 Å². The van der Waals surface area contributed by atoms with Crippen LogP contribution in [0.25, 0.3) is 0 Å². The van der Waals surface area contributed by atoms with Crippen LogP contribution in [-0.2, 0) is 4.79 Å². The second-order valence-electron chi connectivity index (χ2n) is 6.11. The van der Waals surface area contributed by atoms with Crippen molar-refractivity contribution in [3.05, 3.63) is 35.7 Å². The minimum atomic E-state index is -0.499. The summed E-state index contributed by atoms with van der Waals surface area (Å²) < 4.78 is 10.8. The van der Waals surface area contributed by atoms with Crippen LogP contribution in [0.15, 0.2) is 33.9 Å². The van der Waals surface area contributed by atoms with Crippen LogP contribution in [0.5, 0.6) is 5.75 Å². The van der Waals surface area contributed by atoms with Gasteiger partial charge >= 0.3 is 0 Å². The Morgan fingerprint density at radius 2 is 2.00 bits per heavy atom.